The van der Waals surface area contributed by atoms with Gasteiger partial charge in [-0.15, -0.1) is 0 Å². The number of rotatable bonds is 3. The second-order valence-corrected chi connectivity index (χ2v) is 2.15. The minimum atomic E-state index is -3.11. The van der Waals surface area contributed by atoms with E-state index >= 15 is 0 Å². The quantitative estimate of drug-likeness (QED) is 0.787. The van der Waals surface area contributed by atoms with Gasteiger partial charge in [0, 0.05) is 11.8 Å². The standard InChI is InChI=1S/C7H6F3NO2/c8-6-4(3-12)1-11-2-5(6)13-7(9)10/h1-2,7,12H,3H2. The second-order valence-electron chi connectivity index (χ2n) is 2.15. The molecule has 0 fully saturated rings. The van der Waals surface area contributed by atoms with Crippen molar-refractivity contribution in [1.29, 1.82) is 0 Å². The molecule has 13 heavy (non-hydrogen) atoms. The van der Waals surface area contributed by atoms with Gasteiger partial charge in [0.15, 0.2) is 11.6 Å². The van der Waals surface area contributed by atoms with Crippen molar-refractivity contribution in [3.63, 3.8) is 0 Å². The van der Waals surface area contributed by atoms with E-state index in [1.54, 1.807) is 0 Å². The van der Waals surface area contributed by atoms with E-state index < -0.39 is 24.8 Å². The number of aliphatic hydroxyl groups is 1. The first kappa shape index (κ1) is 9.79. The molecule has 3 nitrogen and oxygen atoms in total. The van der Waals surface area contributed by atoms with Crippen molar-refractivity contribution in [2.24, 2.45) is 0 Å². The fourth-order valence-corrected chi connectivity index (χ4v) is 0.755. The van der Waals surface area contributed by atoms with Crippen molar-refractivity contribution in [2.45, 2.75) is 13.2 Å². The van der Waals surface area contributed by atoms with Crippen molar-refractivity contribution in [3.05, 3.63) is 23.8 Å². The van der Waals surface area contributed by atoms with Gasteiger partial charge in [-0.25, -0.2) is 4.39 Å². The summed E-state index contributed by atoms with van der Waals surface area (Å²) >= 11 is 0. The van der Waals surface area contributed by atoms with Crippen LogP contribution in [0.4, 0.5) is 13.2 Å². The Morgan fingerprint density at radius 1 is 1.46 bits per heavy atom. The lowest BCUT2D eigenvalue weighted by Crippen LogP contribution is -2.05. The van der Waals surface area contributed by atoms with Crippen LogP contribution in [0.15, 0.2) is 12.4 Å². The lowest BCUT2D eigenvalue weighted by Gasteiger charge is -2.06. The molecule has 0 bridgehead atoms. The van der Waals surface area contributed by atoms with Gasteiger partial charge in [0.2, 0.25) is 0 Å². The monoisotopic (exact) mass is 193 g/mol. The highest BCUT2D eigenvalue weighted by atomic mass is 19.3. The average molecular weight is 193 g/mol. The van der Waals surface area contributed by atoms with Gasteiger partial charge >= 0.3 is 6.61 Å². The maximum Gasteiger partial charge on any atom is 0.387 e. The van der Waals surface area contributed by atoms with Crippen LogP contribution < -0.4 is 4.74 Å². The van der Waals surface area contributed by atoms with Crippen LogP contribution in [0.3, 0.4) is 0 Å². The number of nitrogens with zero attached hydrogens (tertiary/aromatic N) is 1. The van der Waals surface area contributed by atoms with E-state index in [-0.39, 0.29) is 5.56 Å². The molecule has 72 valence electrons. The Labute approximate surface area is 71.8 Å². The van der Waals surface area contributed by atoms with Crippen LogP contribution in [0.25, 0.3) is 0 Å². The van der Waals surface area contributed by atoms with Gasteiger partial charge in [0.1, 0.15) is 0 Å². The van der Waals surface area contributed by atoms with Crippen molar-refractivity contribution in [1.82, 2.24) is 4.98 Å². The molecule has 1 aromatic rings. The summed E-state index contributed by atoms with van der Waals surface area (Å²) in [5.74, 6) is -1.68. The molecular formula is C7H6F3NO2. The summed E-state index contributed by atoms with van der Waals surface area (Å²) in [5.41, 5.74) is -0.182. The van der Waals surface area contributed by atoms with Crippen LogP contribution in [0.1, 0.15) is 5.56 Å². The third-order valence-electron chi connectivity index (χ3n) is 1.31. The minimum absolute atomic E-state index is 0.182. The van der Waals surface area contributed by atoms with E-state index in [0.717, 1.165) is 12.4 Å². The highest BCUT2D eigenvalue weighted by Crippen LogP contribution is 2.20. The topological polar surface area (TPSA) is 42.4 Å². The third-order valence-corrected chi connectivity index (χ3v) is 1.31. The largest absolute Gasteiger partial charge is 0.430 e. The van der Waals surface area contributed by atoms with Gasteiger partial charge < -0.3 is 9.84 Å². The zero-order valence-electron chi connectivity index (χ0n) is 6.38. The SMILES string of the molecule is OCc1cncc(OC(F)F)c1F. The Hall–Kier alpha value is -1.30. The van der Waals surface area contributed by atoms with E-state index in [1.807, 2.05) is 0 Å². The average Bonchev–Trinajstić information content (AvgIpc) is 2.08. The Kier molecular flexibility index (Phi) is 3.07. The van der Waals surface area contributed by atoms with Gasteiger partial charge in [-0.2, -0.15) is 8.78 Å². The molecule has 0 atom stereocenters. The van der Waals surface area contributed by atoms with Gasteiger partial charge in [0.05, 0.1) is 12.8 Å². The Balaban J connectivity index is 2.94. The second kappa shape index (κ2) is 4.08. The Bertz CT molecular complexity index is 293. The Morgan fingerprint density at radius 2 is 2.15 bits per heavy atom. The maximum atomic E-state index is 13.0. The first-order chi connectivity index (χ1) is 6.15. The Morgan fingerprint density at radius 3 is 2.69 bits per heavy atom. The molecule has 0 amide bonds. The number of ether oxygens (including phenoxy) is 1. The molecular weight excluding hydrogens is 187 g/mol. The van der Waals surface area contributed by atoms with Crippen molar-refractivity contribution < 1.29 is 23.0 Å². The van der Waals surface area contributed by atoms with E-state index in [0.29, 0.717) is 0 Å². The summed E-state index contributed by atoms with van der Waals surface area (Å²) in [6.45, 7) is -3.72. The van der Waals surface area contributed by atoms with Crippen molar-refractivity contribution >= 4 is 0 Å². The molecule has 1 heterocycles. The summed E-state index contributed by atoms with van der Waals surface area (Å²) in [6, 6.07) is 0. The molecule has 6 heteroatoms. The van der Waals surface area contributed by atoms with Gasteiger partial charge in [-0.05, 0) is 0 Å². The van der Waals surface area contributed by atoms with Crippen LogP contribution in [-0.4, -0.2) is 16.7 Å². The highest BCUT2D eigenvalue weighted by molar-refractivity contribution is 5.25. The number of alkyl halides is 2. The van der Waals surface area contributed by atoms with Gasteiger partial charge in [-0.3, -0.25) is 4.98 Å². The number of hydrogen-bond donors (Lipinski definition) is 1. The molecule has 0 unspecified atom stereocenters. The molecule has 0 radical (unpaired) electrons. The van der Waals surface area contributed by atoms with Crippen LogP contribution in [0, 0.1) is 5.82 Å². The lowest BCUT2D eigenvalue weighted by atomic mass is 10.3. The van der Waals surface area contributed by atoms with Crippen molar-refractivity contribution in [3.8, 4) is 5.75 Å². The molecule has 1 N–H and O–H groups in total. The normalized spacial score (nSPS) is 10.5. The van der Waals surface area contributed by atoms with E-state index in [9.17, 15) is 13.2 Å². The molecule has 0 aliphatic carbocycles. The number of aromatic nitrogens is 1. The van der Waals surface area contributed by atoms with E-state index in [4.69, 9.17) is 5.11 Å². The first-order valence-electron chi connectivity index (χ1n) is 3.33. The third kappa shape index (κ3) is 2.32. The summed E-state index contributed by atoms with van der Waals surface area (Å²) in [4.78, 5) is 3.41. The molecule has 1 aromatic heterocycles. The van der Waals surface area contributed by atoms with Crippen LogP contribution in [0.2, 0.25) is 0 Å². The number of aliphatic hydroxyl groups excluding tert-OH is 1. The van der Waals surface area contributed by atoms with E-state index in [2.05, 4.69) is 9.72 Å². The predicted molar refractivity (Wildman–Crippen MR) is 36.7 cm³/mol. The van der Waals surface area contributed by atoms with Crippen LogP contribution >= 0.6 is 0 Å². The summed E-state index contributed by atoms with van der Waals surface area (Å²) in [5, 5.41) is 8.55. The van der Waals surface area contributed by atoms with Gasteiger partial charge in [-0.1, -0.05) is 0 Å². The zero-order chi connectivity index (χ0) is 9.84. The molecule has 0 saturated carbocycles. The fraction of sp³-hybridized carbons (Fsp3) is 0.286. The predicted octanol–water partition coefficient (Wildman–Crippen LogP) is 1.31. The molecule has 1 rings (SSSR count). The summed E-state index contributed by atoms with van der Waals surface area (Å²) in [7, 11) is 0. The molecule has 0 aliphatic heterocycles. The minimum Gasteiger partial charge on any atom is -0.430 e. The van der Waals surface area contributed by atoms with Crippen LogP contribution in [0.5, 0.6) is 5.75 Å². The summed E-state index contributed by atoms with van der Waals surface area (Å²) < 4.78 is 40.1. The van der Waals surface area contributed by atoms with Crippen LogP contribution in [-0.2, 0) is 6.61 Å². The van der Waals surface area contributed by atoms with E-state index in [1.165, 1.54) is 0 Å². The molecule has 0 spiro atoms. The smallest absolute Gasteiger partial charge is 0.387 e. The number of pyridine rings is 1. The maximum absolute atomic E-state index is 13.0. The highest BCUT2D eigenvalue weighted by Gasteiger charge is 2.13. The molecule has 0 aliphatic rings. The number of hydrogen-bond acceptors (Lipinski definition) is 3. The van der Waals surface area contributed by atoms with Crippen molar-refractivity contribution in [2.75, 3.05) is 0 Å². The summed E-state index contributed by atoms with van der Waals surface area (Å²) in [6.07, 6.45) is 1.86. The molecule has 0 aromatic carbocycles. The first-order valence-corrected chi connectivity index (χ1v) is 3.33. The lowest BCUT2D eigenvalue weighted by molar-refractivity contribution is -0.0526. The van der Waals surface area contributed by atoms with Gasteiger partial charge in [0.25, 0.3) is 0 Å². The zero-order valence-corrected chi connectivity index (χ0v) is 6.38. The molecule has 0 saturated heterocycles. The fourth-order valence-electron chi connectivity index (χ4n) is 0.755. The number of halogens is 3.